The molecule has 0 rings (SSSR count). The molecule has 2 N–H and O–H groups in total. The molecule has 1 unspecified atom stereocenters. The highest BCUT2D eigenvalue weighted by atomic mass is 16.2. The van der Waals surface area contributed by atoms with E-state index in [0.717, 1.165) is 0 Å². The molecule has 0 aromatic carbocycles. The second-order valence-corrected chi connectivity index (χ2v) is 5.10. The third-order valence-electron chi connectivity index (χ3n) is 2.86. The van der Waals surface area contributed by atoms with E-state index in [2.05, 4.69) is 10.6 Å². The summed E-state index contributed by atoms with van der Waals surface area (Å²) in [5, 5.41) is 5.54. The number of nitrogens with one attached hydrogen (secondary N) is 2. The fraction of sp³-hybridized carbons (Fsp3) is 0.714. The third-order valence-corrected chi connectivity index (χ3v) is 2.86. The predicted molar refractivity (Wildman–Crippen MR) is 75.3 cm³/mol. The number of amides is 1. The molecule has 0 saturated heterocycles. The molecule has 20 heavy (non-hydrogen) atoms. The molecule has 114 valence electrons. The maximum atomic E-state index is 12.1. The topological polar surface area (TPSA) is 92.3 Å². The average Bonchev–Trinajstić information content (AvgIpc) is 2.27. The quantitative estimate of drug-likeness (QED) is 0.605. The van der Waals surface area contributed by atoms with E-state index in [1.54, 1.807) is 7.05 Å². The van der Waals surface area contributed by atoms with Gasteiger partial charge in [0.25, 0.3) is 0 Å². The van der Waals surface area contributed by atoms with E-state index < -0.39 is 12.1 Å². The van der Waals surface area contributed by atoms with Gasteiger partial charge in [0.15, 0.2) is 0 Å². The molecule has 0 aliphatic carbocycles. The van der Waals surface area contributed by atoms with E-state index in [1.165, 1.54) is 20.8 Å². The molecule has 0 aliphatic rings. The number of ketones is 3. The van der Waals surface area contributed by atoms with Gasteiger partial charge in [-0.1, -0.05) is 0 Å². The standard InChI is InChI=1S/C14H24N2O4/c1-9(17)5-6-13(15-4)14(20)16-12(7-10(2)18)8-11(3)19/h12-13,15H,5-8H2,1-4H3,(H,16,20). The second kappa shape index (κ2) is 9.36. The van der Waals surface area contributed by atoms with E-state index in [-0.39, 0.29) is 36.1 Å². The Balaban J connectivity index is 4.56. The fourth-order valence-electron chi connectivity index (χ4n) is 1.92. The highest BCUT2D eigenvalue weighted by Crippen LogP contribution is 2.04. The number of Topliss-reactive ketones (excluding diaryl/α,β-unsaturated/α-hetero) is 3. The van der Waals surface area contributed by atoms with Crippen molar-refractivity contribution in [2.45, 2.75) is 58.5 Å². The van der Waals surface area contributed by atoms with Crippen LogP contribution in [0.25, 0.3) is 0 Å². The van der Waals surface area contributed by atoms with Gasteiger partial charge in [0.1, 0.15) is 17.3 Å². The lowest BCUT2D eigenvalue weighted by Gasteiger charge is -2.21. The molecule has 0 heterocycles. The van der Waals surface area contributed by atoms with Crippen LogP contribution in [-0.2, 0) is 19.2 Å². The summed E-state index contributed by atoms with van der Waals surface area (Å²) >= 11 is 0. The molecule has 6 nitrogen and oxygen atoms in total. The number of carbonyl (C=O) groups excluding carboxylic acids is 4. The summed E-state index contributed by atoms with van der Waals surface area (Å²) in [4.78, 5) is 45.3. The normalized spacial score (nSPS) is 12.1. The molecule has 0 radical (unpaired) electrons. The van der Waals surface area contributed by atoms with Crippen LogP contribution in [0.2, 0.25) is 0 Å². The Labute approximate surface area is 119 Å². The zero-order valence-corrected chi connectivity index (χ0v) is 12.6. The van der Waals surface area contributed by atoms with Crippen molar-refractivity contribution in [1.82, 2.24) is 10.6 Å². The van der Waals surface area contributed by atoms with Crippen LogP contribution in [0.1, 0.15) is 46.5 Å². The minimum absolute atomic E-state index is 0.0158. The van der Waals surface area contributed by atoms with Gasteiger partial charge in [-0.05, 0) is 34.2 Å². The molecule has 0 spiro atoms. The Morgan fingerprint density at radius 3 is 1.75 bits per heavy atom. The fourth-order valence-corrected chi connectivity index (χ4v) is 1.92. The molecule has 0 aromatic rings. The van der Waals surface area contributed by atoms with Crippen LogP contribution in [0.4, 0.5) is 0 Å². The van der Waals surface area contributed by atoms with E-state index in [4.69, 9.17) is 0 Å². The van der Waals surface area contributed by atoms with Crippen molar-refractivity contribution in [1.29, 1.82) is 0 Å². The third kappa shape index (κ3) is 8.53. The minimum atomic E-state index is -0.500. The van der Waals surface area contributed by atoms with E-state index in [9.17, 15) is 19.2 Å². The smallest absolute Gasteiger partial charge is 0.237 e. The first-order valence-corrected chi connectivity index (χ1v) is 6.72. The lowest BCUT2D eigenvalue weighted by Crippen LogP contribution is -2.47. The Hall–Kier alpha value is -1.56. The van der Waals surface area contributed by atoms with Crippen molar-refractivity contribution in [2.24, 2.45) is 0 Å². The van der Waals surface area contributed by atoms with Crippen molar-refractivity contribution in [3.05, 3.63) is 0 Å². The van der Waals surface area contributed by atoms with Gasteiger partial charge in [0.2, 0.25) is 5.91 Å². The van der Waals surface area contributed by atoms with Gasteiger partial charge in [-0.15, -0.1) is 0 Å². The minimum Gasteiger partial charge on any atom is -0.351 e. The molecule has 6 heteroatoms. The zero-order valence-electron chi connectivity index (χ0n) is 12.6. The Morgan fingerprint density at radius 2 is 1.40 bits per heavy atom. The molecule has 0 aromatic heterocycles. The van der Waals surface area contributed by atoms with Crippen molar-refractivity contribution in [3.63, 3.8) is 0 Å². The number of hydrogen-bond donors (Lipinski definition) is 2. The van der Waals surface area contributed by atoms with Crippen molar-refractivity contribution < 1.29 is 19.2 Å². The summed E-state index contributed by atoms with van der Waals surface area (Å²) in [5.41, 5.74) is 0. The number of rotatable bonds is 10. The summed E-state index contributed by atoms with van der Waals surface area (Å²) in [6.07, 6.45) is 0.969. The molecule has 0 fully saturated rings. The van der Waals surface area contributed by atoms with Gasteiger partial charge >= 0.3 is 0 Å². The van der Waals surface area contributed by atoms with Crippen LogP contribution in [0.15, 0.2) is 0 Å². The van der Waals surface area contributed by atoms with Gasteiger partial charge in [0, 0.05) is 25.3 Å². The first-order valence-electron chi connectivity index (χ1n) is 6.72. The molecule has 0 saturated carbocycles. The van der Waals surface area contributed by atoms with Crippen molar-refractivity contribution in [3.8, 4) is 0 Å². The SMILES string of the molecule is CNC(CCC(C)=O)C(=O)NC(CC(C)=O)CC(C)=O. The van der Waals surface area contributed by atoms with Gasteiger partial charge in [0.05, 0.1) is 6.04 Å². The first-order chi connectivity index (χ1) is 9.26. The van der Waals surface area contributed by atoms with Crippen molar-refractivity contribution >= 4 is 23.3 Å². The zero-order chi connectivity index (χ0) is 15.7. The monoisotopic (exact) mass is 284 g/mol. The van der Waals surface area contributed by atoms with Gasteiger partial charge in [-0.25, -0.2) is 0 Å². The predicted octanol–water partition coefficient (Wildman–Crippen LogP) is 0.387. The molecular formula is C14H24N2O4. The van der Waals surface area contributed by atoms with Crippen LogP contribution >= 0.6 is 0 Å². The van der Waals surface area contributed by atoms with Crippen LogP contribution in [0.5, 0.6) is 0 Å². The van der Waals surface area contributed by atoms with Crippen LogP contribution in [-0.4, -0.2) is 42.4 Å². The maximum absolute atomic E-state index is 12.1. The molecule has 1 amide bonds. The summed E-state index contributed by atoms with van der Waals surface area (Å²) in [6, 6.07) is -0.981. The van der Waals surface area contributed by atoms with E-state index >= 15 is 0 Å². The summed E-state index contributed by atoms with van der Waals surface area (Å²) in [7, 11) is 1.63. The molecule has 1 atom stereocenters. The van der Waals surface area contributed by atoms with E-state index in [1.807, 2.05) is 0 Å². The van der Waals surface area contributed by atoms with Gasteiger partial charge < -0.3 is 15.4 Å². The summed E-state index contributed by atoms with van der Waals surface area (Å²) in [5.74, 6) is -0.439. The van der Waals surface area contributed by atoms with Crippen LogP contribution < -0.4 is 10.6 Å². The van der Waals surface area contributed by atoms with E-state index in [0.29, 0.717) is 12.8 Å². The largest absolute Gasteiger partial charge is 0.351 e. The lowest BCUT2D eigenvalue weighted by molar-refractivity contribution is -0.125. The van der Waals surface area contributed by atoms with Crippen LogP contribution in [0.3, 0.4) is 0 Å². The Kier molecular flexibility index (Phi) is 8.63. The van der Waals surface area contributed by atoms with Crippen LogP contribution in [0, 0.1) is 0 Å². The van der Waals surface area contributed by atoms with Gasteiger partial charge in [-0.3, -0.25) is 14.4 Å². The number of carbonyl (C=O) groups is 4. The highest BCUT2D eigenvalue weighted by Gasteiger charge is 2.22. The van der Waals surface area contributed by atoms with Gasteiger partial charge in [-0.2, -0.15) is 0 Å². The molecular weight excluding hydrogens is 260 g/mol. The summed E-state index contributed by atoms with van der Waals surface area (Å²) in [6.45, 7) is 4.31. The van der Waals surface area contributed by atoms with Crippen molar-refractivity contribution in [2.75, 3.05) is 7.05 Å². The second-order valence-electron chi connectivity index (χ2n) is 5.10. The average molecular weight is 284 g/mol. The Morgan fingerprint density at radius 1 is 0.900 bits per heavy atom. The maximum Gasteiger partial charge on any atom is 0.237 e. The molecule has 0 aliphatic heterocycles. The number of likely N-dealkylation sites (N-methyl/N-ethyl adjacent to an activating group) is 1. The Bertz CT molecular complexity index is 363. The first kappa shape index (κ1) is 18.4. The highest BCUT2D eigenvalue weighted by molar-refractivity contribution is 5.86. The number of hydrogen-bond acceptors (Lipinski definition) is 5. The summed E-state index contributed by atoms with van der Waals surface area (Å²) < 4.78 is 0. The molecule has 0 bridgehead atoms. The lowest BCUT2D eigenvalue weighted by atomic mass is 10.0.